The molecule has 2 aliphatic heterocycles. The van der Waals surface area contributed by atoms with E-state index >= 15 is 0 Å². The second-order valence-corrected chi connectivity index (χ2v) is 5.97. The van der Waals surface area contributed by atoms with Crippen LogP contribution in [0.4, 0.5) is 0 Å². The Kier molecular flexibility index (Phi) is 3.85. The molecule has 108 valence electrons. The van der Waals surface area contributed by atoms with Crippen LogP contribution in [0.1, 0.15) is 24.8 Å². The maximum absolute atomic E-state index is 11.3. The van der Waals surface area contributed by atoms with Gasteiger partial charge in [0, 0.05) is 11.0 Å². The highest BCUT2D eigenvalue weighted by Crippen LogP contribution is 2.37. The third-order valence-electron chi connectivity index (χ3n) is 3.81. The number of ether oxygens (including phenoxy) is 2. The van der Waals surface area contributed by atoms with Gasteiger partial charge in [0.1, 0.15) is 6.04 Å². The Morgan fingerprint density at radius 3 is 2.85 bits per heavy atom. The molecule has 1 fully saturated rings. The molecule has 0 aliphatic carbocycles. The number of hydrogen-bond acceptors (Lipinski definition) is 4. The van der Waals surface area contributed by atoms with E-state index in [0.29, 0.717) is 6.54 Å². The zero-order valence-corrected chi connectivity index (χ0v) is 12.6. The quantitative estimate of drug-likeness (QED) is 0.915. The second kappa shape index (κ2) is 5.61. The minimum absolute atomic E-state index is 0.243. The molecule has 2 heterocycles. The topological polar surface area (TPSA) is 59.0 Å². The van der Waals surface area contributed by atoms with E-state index in [2.05, 4.69) is 15.9 Å². The molecule has 1 N–H and O–H groups in total. The molecule has 0 saturated carbocycles. The van der Waals surface area contributed by atoms with Crippen LogP contribution in [0.3, 0.4) is 0 Å². The molecule has 0 bridgehead atoms. The number of piperidine rings is 1. The Morgan fingerprint density at radius 2 is 2.10 bits per heavy atom. The molecule has 6 heteroatoms. The van der Waals surface area contributed by atoms with Crippen LogP contribution >= 0.6 is 15.9 Å². The molecule has 3 rings (SSSR count). The third kappa shape index (κ3) is 2.62. The van der Waals surface area contributed by atoms with Gasteiger partial charge in [-0.25, -0.2) is 0 Å². The van der Waals surface area contributed by atoms with Gasteiger partial charge in [0.25, 0.3) is 0 Å². The van der Waals surface area contributed by atoms with Crippen molar-refractivity contribution in [3.63, 3.8) is 0 Å². The molecule has 1 unspecified atom stereocenters. The first-order chi connectivity index (χ1) is 9.65. The zero-order chi connectivity index (χ0) is 14.1. The first kappa shape index (κ1) is 13.7. The Bertz CT molecular complexity index is 534. The summed E-state index contributed by atoms with van der Waals surface area (Å²) in [5, 5.41) is 9.31. The molecule has 0 spiro atoms. The van der Waals surface area contributed by atoms with Gasteiger partial charge >= 0.3 is 5.97 Å². The number of carboxylic acids is 1. The summed E-state index contributed by atoms with van der Waals surface area (Å²) >= 11 is 3.52. The SMILES string of the molecule is O=C(O)C1CCCCN1Cc1cc2c(cc1Br)OCO2. The van der Waals surface area contributed by atoms with Crippen LogP contribution in [0.5, 0.6) is 11.5 Å². The van der Waals surface area contributed by atoms with Crippen molar-refractivity contribution < 1.29 is 19.4 Å². The number of benzene rings is 1. The molecule has 5 nitrogen and oxygen atoms in total. The molecular formula is C14H16BrNO4. The van der Waals surface area contributed by atoms with Crippen molar-refractivity contribution in [1.82, 2.24) is 4.90 Å². The minimum Gasteiger partial charge on any atom is -0.480 e. The summed E-state index contributed by atoms with van der Waals surface area (Å²) in [5.74, 6) is 0.725. The van der Waals surface area contributed by atoms with Crippen molar-refractivity contribution in [1.29, 1.82) is 0 Å². The lowest BCUT2D eigenvalue weighted by atomic mass is 10.0. The molecule has 0 amide bonds. The molecular weight excluding hydrogens is 326 g/mol. The highest BCUT2D eigenvalue weighted by Gasteiger charge is 2.29. The van der Waals surface area contributed by atoms with Crippen LogP contribution < -0.4 is 9.47 Å². The maximum Gasteiger partial charge on any atom is 0.320 e. The van der Waals surface area contributed by atoms with Crippen molar-refractivity contribution in [3.05, 3.63) is 22.2 Å². The molecule has 1 aromatic carbocycles. The Balaban J connectivity index is 1.81. The number of carboxylic acid groups (broad SMARTS) is 1. The van der Waals surface area contributed by atoms with Crippen LogP contribution in [0.15, 0.2) is 16.6 Å². The van der Waals surface area contributed by atoms with Gasteiger partial charge in [-0.05, 0) is 37.1 Å². The van der Waals surface area contributed by atoms with E-state index in [0.717, 1.165) is 47.3 Å². The van der Waals surface area contributed by atoms with Crippen molar-refractivity contribution >= 4 is 21.9 Å². The number of hydrogen-bond donors (Lipinski definition) is 1. The molecule has 0 radical (unpaired) electrons. The normalized spacial score (nSPS) is 21.9. The van der Waals surface area contributed by atoms with Gasteiger partial charge in [0.2, 0.25) is 6.79 Å². The molecule has 1 atom stereocenters. The lowest BCUT2D eigenvalue weighted by Gasteiger charge is -2.33. The predicted molar refractivity (Wildman–Crippen MR) is 75.9 cm³/mol. The van der Waals surface area contributed by atoms with Gasteiger partial charge in [0.05, 0.1) is 0 Å². The van der Waals surface area contributed by atoms with Crippen molar-refractivity contribution in [2.45, 2.75) is 31.8 Å². The lowest BCUT2D eigenvalue weighted by Crippen LogP contribution is -2.44. The summed E-state index contributed by atoms with van der Waals surface area (Å²) in [6.45, 7) is 1.67. The smallest absolute Gasteiger partial charge is 0.320 e. The monoisotopic (exact) mass is 341 g/mol. The summed E-state index contributed by atoms with van der Waals surface area (Å²) in [6, 6.07) is 3.43. The van der Waals surface area contributed by atoms with E-state index in [1.807, 2.05) is 17.0 Å². The summed E-state index contributed by atoms with van der Waals surface area (Å²) in [7, 11) is 0. The van der Waals surface area contributed by atoms with Gasteiger partial charge in [-0.3, -0.25) is 9.69 Å². The number of fused-ring (bicyclic) bond motifs is 1. The fourth-order valence-corrected chi connectivity index (χ4v) is 3.21. The van der Waals surface area contributed by atoms with Gasteiger partial charge in [0.15, 0.2) is 11.5 Å². The van der Waals surface area contributed by atoms with E-state index in [1.54, 1.807) is 0 Å². The zero-order valence-electron chi connectivity index (χ0n) is 11.0. The van der Waals surface area contributed by atoms with E-state index in [4.69, 9.17) is 9.47 Å². The van der Waals surface area contributed by atoms with Crippen LogP contribution in [0.2, 0.25) is 0 Å². The van der Waals surface area contributed by atoms with Crippen LogP contribution in [-0.4, -0.2) is 35.4 Å². The highest BCUT2D eigenvalue weighted by atomic mass is 79.9. The summed E-state index contributed by atoms with van der Waals surface area (Å²) in [5.41, 5.74) is 1.03. The standard InChI is InChI=1S/C14H16BrNO4/c15-10-6-13-12(19-8-20-13)5-9(10)7-16-4-2-1-3-11(16)14(17)18/h5-6,11H,1-4,7-8H2,(H,17,18). The van der Waals surface area contributed by atoms with Gasteiger partial charge in [-0.1, -0.05) is 22.4 Å². The van der Waals surface area contributed by atoms with Gasteiger partial charge < -0.3 is 14.6 Å². The average Bonchev–Trinajstić information content (AvgIpc) is 2.86. The first-order valence-electron chi connectivity index (χ1n) is 6.70. The Hall–Kier alpha value is -1.27. The Labute approximate surface area is 125 Å². The van der Waals surface area contributed by atoms with Gasteiger partial charge in [-0.2, -0.15) is 0 Å². The van der Waals surface area contributed by atoms with E-state index in [9.17, 15) is 9.90 Å². The fourth-order valence-electron chi connectivity index (χ4n) is 2.76. The van der Waals surface area contributed by atoms with Crippen LogP contribution in [0, 0.1) is 0 Å². The molecule has 1 aromatic rings. The number of halogens is 1. The third-order valence-corrected chi connectivity index (χ3v) is 4.55. The molecule has 0 aromatic heterocycles. The van der Waals surface area contributed by atoms with Crippen LogP contribution in [0.25, 0.3) is 0 Å². The molecule has 2 aliphatic rings. The minimum atomic E-state index is -0.735. The summed E-state index contributed by atoms with van der Waals surface area (Å²) in [6.07, 6.45) is 2.75. The number of aliphatic carboxylic acids is 1. The average molecular weight is 342 g/mol. The van der Waals surface area contributed by atoms with E-state index < -0.39 is 5.97 Å². The number of carbonyl (C=O) groups is 1. The maximum atomic E-state index is 11.3. The Morgan fingerprint density at radius 1 is 1.35 bits per heavy atom. The summed E-state index contributed by atoms with van der Waals surface area (Å²) < 4.78 is 11.6. The molecule has 20 heavy (non-hydrogen) atoms. The van der Waals surface area contributed by atoms with Crippen molar-refractivity contribution in [3.8, 4) is 11.5 Å². The van der Waals surface area contributed by atoms with E-state index in [-0.39, 0.29) is 12.8 Å². The van der Waals surface area contributed by atoms with Crippen LogP contribution in [-0.2, 0) is 11.3 Å². The van der Waals surface area contributed by atoms with Gasteiger partial charge in [-0.15, -0.1) is 0 Å². The summed E-state index contributed by atoms with van der Waals surface area (Å²) in [4.78, 5) is 13.4. The van der Waals surface area contributed by atoms with Crippen molar-refractivity contribution in [2.24, 2.45) is 0 Å². The van der Waals surface area contributed by atoms with Crippen molar-refractivity contribution in [2.75, 3.05) is 13.3 Å². The largest absolute Gasteiger partial charge is 0.480 e. The number of likely N-dealkylation sites (tertiary alicyclic amines) is 1. The highest BCUT2D eigenvalue weighted by molar-refractivity contribution is 9.10. The lowest BCUT2D eigenvalue weighted by molar-refractivity contribution is -0.144. The number of rotatable bonds is 3. The number of nitrogens with zero attached hydrogens (tertiary/aromatic N) is 1. The molecule has 1 saturated heterocycles. The second-order valence-electron chi connectivity index (χ2n) is 5.12. The van der Waals surface area contributed by atoms with E-state index in [1.165, 1.54) is 0 Å². The fraction of sp³-hybridized carbons (Fsp3) is 0.500. The predicted octanol–water partition coefficient (Wildman–Crippen LogP) is 2.62. The first-order valence-corrected chi connectivity index (χ1v) is 7.49.